The Balaban J connectivity index is 2.79. The Morgan fingerprint density at radius 3 is 2.65 bits per heavy atom. The third kappa shape index (κ3) is 4.39. The van der Waals surface area contributed by atoms with Crippen molar-refractivity contribution in [3.05, 3.63) is 33.9 Å². The molecule has 0 aliphatic heterocycles. The normalized spacial score (nSPS) is 13.8. The molecule has 6 nitrogen and oxygen atoms in total. The molecular weight excluding hydrogens is 274 g/mol. The van der Waals surface area contributed by atoms with E-state index in [0.717, 1.165) is 0 Å². The van der Waals surface area contributed by atoms with Crippen molar-refractivity contribution >= 4 is 5.69 Å². The number of ether oxygens (including phenoxy) is 1. The lowest BCUT2D eigenvalue weighted by Gasteiger charge is -2.23. The second-order valence-electron chi connectivity index (χ2n) is 4.56. The Morgan fingerprint density at radius 2 is 2.10 bits per heavy atom. The van der Waals surface area contributed by atoms with E-state index in [-0.39, 0.29) is 13.2 Å². The summed E-state index contributed by atoms with van der Waals surface area (Å²) in [7, 11) is 0. The van der Waals surface area contributed by atoms with E-state index in [1.165, 1.54) is 6.92 Å². The highest BCUT2D eigenvalue weighted by atomic mass is 19.1. The first-order chi connectivity index (χ1) is 9.26. The van der Waals surface area contributed by atoms with Crippen molar-refractivity contribution in [2.24, 2.45) is 0 Å². The van der Waals surface area contributed by atoms with Crippen molar-refractivity contribution in [1.29, 1.82) is 0 Å². The lowest BCUT2D eigenvalue weighted by molar-refractivity contribution is -0.387. The molecule has 1 rings (SSSR count). The van der Waals surface area contributed by atoms with E-state index >= 15 is 0 Å². The van der Waals surface area contributed by atoms with E-state index in [2.05, 4.69) is 5.32 Å². The molecule has 0 aliphatic carbocycles. The highest BCUT2D eigenvalue weighted by molar-refractivity contribution is 5.39. The largest absolute Gasteiger partial charge is 0.487 e. The summed E-state index contributed by atoms with van der Waals surface area (Å²) in [6.45, 7) is 3.88. The molecule has 0 radical (unpaired) electrons. The first-order valence-corrected chi connectivity index (χ1v) is 5.96. The van der Waals surface area contributed by atoms with Crippen LogP contribution in [0.25, 0.3) is 0 Å². The number of likely N-dealkylation sites (N-methyl/N-ethyl adjacent to an activating group) is 1. The van der Waals surface area contributed by atoms with Gasteiger partial charge in [0.05, 0.1) is 11.0 Å². The Kier molecular flexibility index (Phi) is 5.34. The number of nitrogens with zero attached hydrogens (tertiary/aromatic N) is 1. The zero-order valence-corrected chi connectivity index (χ0v) is 11.2. The standard InChI is InChI=1S/C12H16F2N2O4/c1-3-15-6-12(2,17)7-20-11-5-8(13)10(16(18)19)4-9(11)14/h4-5,15,17H,3,6-7H2,1-2H3. The maximum Gasteiger partial charge on any atom is 0.307 e. The van der Waals surface area contributed by atoms with Crippen LogP contribution in [0.4, 0.5) is 14.5 Å². The monoisotopic (exact) mass is 290 g/mol. The van der Waals surface area contributed by atoms with E-state index in [1.807, 2.05) is 6.92 Å². The maximum atomic E-state index is 13.5. The maximum absolute atomic E-state index is 13.5. The first-order valence-electron chi connectivity index (χ1n) is 5.96. The van der Waals surface area contributed by atoms with Crippen LogP contribution >= 0.6 is 0 Å². The van der Waals surface area contributed by atoms with Gasteiger partial charge in [0.2, 0.25) is 5.82 Å². The van der Waals surface area contributed by atoms with Crippen LogP contribution in [0.2, 0.25) is 0 Å². The summed E-state index contributed by atoms with van der Waals surface area (Å²) in [5.41, 5.74) is -2.24. The van der Waals surface area contributed by atoms with E-state index < -0.39 is 33.6 Å². The molecule has 112 valence electrons. The third-order valence-electron chi connectivity index (χ3n) is 2.49. The van der Waals surface area contributed by atoms with E-state index in [9.17, 15) is 24.0 Å². The fourth-order valence-corrected chi connectivity index (χ4v) is 1.45. The Hall–Kier alpha value is -1.80. The van der Waals surface area contributed by atoms with Gasteiger partial charge in [-0.3, -0.25) is 10.1 Å². The van der Waals surface area contributed by atoms with Gasteiger partial charge in [-0.1, -0.05) is 6.92 Å². The molecule has 0 aromatic heterocycles. The van der Waals surface area contributed by atoms with Gasteiger partial charge in [0, 0.05) is 12.6 Å². The summed E-state index contributed by atoms with van der Waals surface area (Å²) in [5, 5.41) is 23.2. The summed E-state index contributed by atoms with van der Waals surface area (Å²) < 4.78 is 31.9. The van der Waals surface area contributed by atoms with Gasteiger partial charge >= 0.3 is 5.69 Å². The number of rotatable bonds is 7. The van der Waals surface area contributed by atoms with Crippen molar-refractivity contribution in [3.63, 3.8) is 0 Å². The van der Waals surface area contributed by atoms with Gasteiger partial charge < -0.3 is 15.2 Å². The molecule has 0 saturated carbocycles. The molecule has 0 heterocycles. The number of halogens is 2. The Morgan fingerprint density at radius 1 is 1.45 bits per heavy atom. The van der Waals surface area contributed by atoms with Crippen LogP contribution in [-0.2, 0) is 0 Å². The summed E-state index contributed by atoms with van der Waals surface area (Å²) in [4.78, 5) is 9.41. The number of nitrogens with one attached hydrogen (secondary N) is 1. The summed E-state index contributed by atoms with van der Waals surface area (Å²) in [5.74, 6) is -2.74. The molecule has 1 aromatic rings. The van der Waals surface area contributed by atoms with Gasteiger partial charge in [-0.25, -0.2) is 4.39 Å². The van der Waals surface area contributed by atoms with Crippen molar-refractivity contribution in [3.8, 4) is 5.75 Å². The van der Waals surface area contributed by atoms with Gasteiger partial charge in [0.1, 0.15) is 12.2 Å². The molecule has 1 atom stereocenters. The highest BCUT2D eigenvalue weighted by Gasteiger charge is 2.24. The molecule has 1 unspecified atom stereocenters. The first kappa shape index (κ1) is 16.3. The van der Waals surface area contributed by atoms with E-state index in [1.54, 1.807) is 0 Å². The number of hydrogen-bond donors (Lipinski definition) is 2. The van der Waals surface area contributed by atoms with Crippen LogP contribution in [0.3, 0.4) is 0 Å². The second kappa shape index (κ2) is 6.58. The minimum Gasteiger partial charge on any atom is -0.487 e. The number of benzene rings is 1. The zero-order chi connectivity index (χ0) is 15.3. The molecule has 2 N–H and O–H groups in total. The number of aliphatic hydroxyl groups is 1. The molecule has 0 saturated heterocycles. The fraction of sp³-hybridized carbons (Fsp3) is 0.500. The predicted molar refractivity (Wildman–Crippen MR) is 67.7 cm³/mol. The van der Waals surface area contributed by atoms with Crippen LogP contribution in [0.5, 0.6) is 5.75 Å². The average Bonchev–Trinajstić information content (AvgIpc) is 2.36. The SMILES string of the molecule is CCNCC(C)(O)COc1cc(F)c([N+](=O)[O-])cc1F. The molecule has 0 spiro atoms. The molecule has 1 aromatic carbocycles. The lowest BCUT2D eigenvalue weighted by Crippen LogP contribution is -2.42. The van der Waals surface area contributed by atoms with Crippen LogP contribution in [0.1, 0.15) is 13.8 Å². The zero-order valence-electron chi connectivity index (χ0n) is 11.2. The van der Waals surface area contributed by atoms with Crippen molar-refractivity contribution < 1.29 is 23.5 Å². The van der Waals surface area contributed by atoms with Crippen molar-refractivity contribution in [2.45, 2.75) is 19.4 Å². The van der Waals surface area contributed by atoms with Gasteiger partial charge in [0.15, 0.2) is 11.6 Å². The minimum absolute atomic E-state index is 0.209. The molecule has 8 heteroatoms. The third-order valence-corrected chi connectivity index (χ3v) is 2.49. The van der Waals surface area contributed by atoms with Gasteiger partial charge in [-0.05, 0) is 13.5 Å². The van der Waals surface area contributed by atoms with E-state index in [0.29, 0.717) is 18.7 Å². The summed E-state index contributed by atoms with van der Waals surface area (Å²) in [6.07, 6.45) is 0. The predicted octanol–water partition coefficient (Wildman–Crippen LogP) is 1.61. The molecular formula is C12H16F2N2O4. The Bertz CT molecular complexity index is 495. The molecule has 20 heavy (non-hydrogen) atoms. The molecule has 0 amide bonds. The fourth-order valence-electron chi connectivity index (χ4n) is 1.45. The lowest BCUT2D eigenvalue weighted by atomic mass is 10.1. The second-order valence-corrected chi connectivity index (χ2v) is 4.56. The number of nitro benzene ring substituents is 1. The van der Waals surface area contributed by atoms with Gasteiger partial charge in [-0.15, -0.1) is 0 Å². The molecule has 0 bridgehead atoms. The van der Waals surface area contributed by atoms with Crippen LogP contribution in [0.15, 0.2) is 12.1 Å². The smallest absolute Gasteiger partial charge is 0.307 e. The molecule has 0 fully saturated rings. The molecule has 0 aliphatic rings. The highest BCUT2D eigenvalue weighted by Crippen LogP contribution is 2.26. The minimum atomic E-state index is -1.28. The number of nitro groups is 1. The quantitative estimate of drug-likeness (QED) is 0.588. The summed E-state index contributed by atoms with van der Waals surface area (Å²) in [6, 6.07) is 1.04. The summed E-state index contributed by atoms with van der Waals surface area (Å²) >= 11 is 0. The Labute approximate surface area is 114 Å². The van der Waals surface area contributed by atoms with Crippen LogP contribution in [0, 0.1) is 21.7 Å². The topological polar surface area (TPSA) is 84.6 Å². The van der Waals surface area contributed by atoms with Crippen molar-refractivity contribution in [1.82, 2.24) is 5.32 Å². The van der Waals surface area contributed by atoms with E-state index in [4.69, 9.17) is 4.74 Å². The number of hydrogen-bond acceptors (Lipinski definition) is 5. The van der Waals surface area contributed by atoms with Gasteiger partial charge in [-0.2, -0.15) is 4.39 Å². The van der Waals surface area contributed by atoms with Crippen LogP contribution < -0.4 is 10.1 Å². The van der Waals surface area contributed by atoms with Crippen molar-refractivity contribution in [2.75, 3.05) is 19.7 Å². The van der Waals surface area contributed by atoms with Gasteiger partial charge in [0.25, 0.3) is 0 Å². The average molecular weight is 290 g/mol. The van der Waals surface area contributed by atoms with Crippen LogP contribution in [-0.4, -0.2) is 35.3 Å².